The number of hydrogen-bond acceptors (Lipinski definition) is 6. The SMILES string of the molecule is Cc1cccc(N2CCN(/C=C(/C#N)C(=O)N(CCO)CCO)CC2)c1C.Cl. The maximum absolute atomic E-state index is 12.5. The summed E-state index contributed by atoms with van der Waals surface area (Å²) in [7, 11) is 0. The number of carbonyl (C=O) groups excluding carboxylic acids is 1. The highest BCUT2D eigenvalue weighted by molar-refractivity contribution is 5.97. The highest BCUT2D eigenvalue weighted by Crippen LogP contribution is 2.24. The van der Waals surface area contributed by atoms with Gasteiger partial charge in [-0.1, -0.05) is 12.1 Å². The molecular weight excluding hydrogens is 380 g/mol. The molecule has 2 rings (SSSR count). The number of carbonyl (C=O) groups is 1. The fourth-order valence-corrected chi connectivity index (χ4v) is 3.21. The van der Waals surface area contributed by atoms with Crippen molar-refractivity contribution in [3.63, 3.8) is 0 Å². The first-order valence-electron chi connectivity index (χ1n) is 9.20. The number of piperazine rings is 1. The van der Waals surface area contributed by atoms with Gasteiger partial charge in [-0.25, -0.2) is 0 Å². The van der Waals surface area contributed by atoms with E-state index < -0.39 is 5.91 Å². The Kier molecular flexibility index (Phi) is 9.80. The van der Waals surface area contributed by atoms with Crippen LogP contribution in [0.15, 0.2) is 30.0 Å². The minimum Gasteiger partial charge on any atom is -0.395 e. The largest absolute Gasteiger partial charge is 0.395 e. The second-order valence-electron chi connectivity index (χ2n) is 6.64. The monoisotopic (exact) mass is 408 g/mol. The summed E-state index contributed by atoms with van der Waals surface area (Å²) in [6.07, 6.45) is 1.60. The highest BCUT2D eigenvalue weighted by atomic mass is 35.5. The molecule has 0 unspecified atom stereocenters. The Labute approximate surface area is 172 Å². The van der Waals surface area contributed by atoms with Crippen molar-refractivity contribution in [2.24, 2.45) is 0 Å². The summed E-state index contributed by atoms with van der Waals surface area (Å²) in [6, 6.07) is 8.25. The van der Waals surface area contributed by atoms with Crippen LogP contribution in [0.3, 0.4) is 0 Å². The Balaban J connectivity index is 0.00000392. The topological polar surface area (TPSA) is 91.0 Å². The van der Waals surface area contributed by atoms with E-state index in [0.29, 0.717) is 13.1 Å². The summed E-state index contributed by atoms with van der Waals surface area (Å²) in [4.78, 5) is 18.1. The van der Waals surface area contributed by atoms with Crippen LogP contribution in [0.4, 0.5) is 5.69 Å². The molecule has 0 aliphatic carbocycles. The average Bonchev–Trinajstić information content (AvgIpc) is 2.68. The Morgan fingerprint density at radius 1 is 1.18 bits per heavy atom. The normalized spacial score (nSPS) is 14.3. The summed E-state index contributed by atoms with van der Waals surface area (Å²) in [5.74, 6) is -0.461. The van der Waals surface area contributed by atoms with Crippen LogP contribution in [0.1, 0.15) is 11.1 Å². The molecule has 1 heterocycles. The van der Waals surface area contributed by atoms with Crippen molar-refractivity contribution in [2.75, 3.05) is 57.4 Å². The summed E-state index contributed by atoms with van der Waals surface area (Å²) in [5.41, 5.74) is 3.79. The zero-order chi connectivity index (χ0) is 19.8. The molecule has 0 saturated carbocycles. The number of hydrogen-bond donors (Lipinski definition) is 2. The number of benzene rings is 1. The molecule has 8 heteroatoms. The lowest BCUT2D eigenvalue weighted by Crippen LogP contribution is -2.45. The van der Waals surface area contributed by atoms with Crippen LogP contribution in [0.5, 0.6) is 0 Å². The molecule has 1 saturated heterocycles. The fourth-order valence-electron chi connectivity index (χ4n) is 3.21. The molecule has 1 aliphatic heterocycles. The molecule has 0 aromatic heterocycles. The van der Waals surface area contributed by atoms with Gasteiger partial charge in [0.05, 0.1) is 13.2 Å². The first kappa shape index (κ1) is 23.8. The molecule has 1 fully saturated rings. The van der Waals surface area contributed by atoms with E-state index in [-0.39, 0.29) is 44.3 Å². The van der Waals surface area contributed by atoms with Crippen LogP contribution in [0, 0.1) is 25.2 Å². The van der Waals surface area contributed by atoms with E-state index in [1.165, 1.54) is 21.7 Å². The Morgan fingerprint density at radius 2 is 1.79 bits per heavy atom. The van der Waals surface area contributed by atoms with Crippen LogP contribution in [-0.4, -0.2) is 78.4 Å². The molecule has 0 spiro atoms. The van der Waals surface area contributed by atoms with Crippen molar-refractivity contribution in [2.45, 2.75) is 13.8 Å². The first-order chi connectivity index (χ1) is 13.0. The van der Waals surface area contributed by atoms with Crippen molar-refractivity contribution >= 4 is 24.0 Å². The van der Waals surface area contributed by atoms with Gasteiger partial charge in [0, 0.05) is 51.2 Å². The van der Waals surface area contributed by atoms with Gasteiger partial charge < -0.3 is 24.9 Å². The van der Waals surface area contributed by atoms with Crippen LogP contribution in [-0.2, 0) is 4.79 Å². The number of aliphatic hydroxyl groups excluding tert-OH is 2. The standard InChI is InChI=1S/C20H28N4O3.ClH/c1-16-4-3-5-19(17(16)2)23-8-6-22(7-9-23)15-18(14-21)20(27)24(10-12-25)11-13-26;/h3-5,15,25-26H,6-13H2,1-2H3;1H/b18-15-;. The fraction of sp³-hybridized carbons (Fsp3) is 0.500. The Morgan fingerprint density at radius 3 is 2.32 bits per heavy atom. The molecule has 1 aromatic carbocycles. The Bertz CT molecular complexity index is 719. The highest BCUT2D eigenvalue weighted by Gasteiger charge is 2.21. The van der Waals surface area contributed by atoms with Crippen molar-refractivity contribution in [3.05, 3.63) is 41.1 Å². The van der Waals surface area contributed by atoms with Gasteiger partial charge in [-0.2, -0.15) is 5.26 Å². The number of nitrogens with zero attached hydrogens (tertiary/aromatic N) is 4. The van der Waals surface area contributed by atoms with Gasteiger partial charge in [0.15, 0.2) is 0 Å². The van der Waals surface area contributed by atoms with Gasteiger partial charge in [0.1, 0.15) is 11.6 Å². The third-order valence-corrected chi connectivity index (χ3v) is 4.92. The van der Waals surface area contributed by atoms with Crippen LogP contribution in [0.25, 0.3) is 0 Å². The zero-order valence-corrected chi connectivity index (χ0v) is 17.3. The Hall–Kier alpha value is -2.27. The number of aryl methyl sites for hydroxylation is 1. The lowest BCUT2D eigenvalue weighted by Gasteiger charge is -2.36. The van der Waals surface area contributed by atoms with E-state index in [4.69, 9.17) is 10.2 Å². The molecule has 1 aliphatic rings. The maximum atomic E-state index is 12.5. The predicted octanol–water partition coefficient (Wildman–Crippen LogP) is 1.07. The van der Waals surface area contributed by atoms with Gasteiger partial charge in [-0.05, 0) is 31.0 Å². The minimum atomic E-state index is -0.461. The third-order valence-electron chi connectivity index (χ3n) is 4.92. The second-order valence-corrected chi connectivity index (χ2v) is 6.64. The quantitative estimate of drug-likeness (QED) is 0.518. The summed E-state index contributed by atoms with van der Waals surface area (Å²) >= 11 is 0. The van der Waals surface area contributed by atoms with Crippen LogP contribution < -0.4 is 4.90 Å². The molecule has 28 heavy (non-hydrogen) atoms. The van der Waals surface area contributed by atoms with Crippen molar-refractivity contribution in [1.82, 2.24) is 9.80 Å². The molecule has 2 N–H and O–H groups in total. The van der Waals surface area contributed by atoms with Gasteiger partial charge in [0.2, 0.25) is 0 Å². The summed E-state index contributed by atoms with van der Waals surface area (Å²) in [5, 5.41) is 27.5. The lowest BCUT2D eigenvalue weighted by atomic mass is 10.1. The number of rotatable bonds is 7. The number of amides is 1. The molecule has 1 aromatic rings. The zero-order valence-electron chi connectivity index (χ0n) is 16.5. The molecule has 0 radical (unpaired) electrons. The average molecular weight is 409 g/mol. The van der Waals surface area contributed by atoms with Crippen LogP contribution in [0.2, 0.25) is 0 Å². The van der Waals surface area contributed by atoms with E-state index in [2.05, 4.69) is 36.9 Å². The van der Waals surface area contributed by atoms with E-state index in [9.17, 15) is 10.1 Å². The van der Waals surface area contributed by atoms with E-state index >= 15 is 0 Å². The second kappa shape index (κ2) is 11.5. The van der Waals surface area contributed by atoms with Crippen molar-refractivity contribution < 1.29 is 15.0 Å². The molecule has 7 nitrogen and oxygen atoms in total. The minimum absolute atomic E-state index is 0. The van der Waals surface area contributed by atoms with Crippen LogP contribution >= 0.6 is 12.4 Å². The van der Waals surface area contributed by atoms with Gasteiger partial charge in [0.25, 0.3) is 5.91 Å². The van der Waals surface area contributed by atoms with E-state index in [0.717, 1.165) is 13.1 Å². The van der Waals surface area contributed by atoms with Gasteiger partial charge in [-0.15, -0.1) is 12.4 Å². The molecule has 154 valence electrons. The molecule has 0 bridgehead atoms. The molecular formula is C20H29ClN4O3. The van der Waals surface area contributed by atoms with Gasteiger partial charge in [-0.3, -0.25) is 4.79 Å². The number of halogens is 1. The molecule has 0 atom stereocenters. The summed E-state index contributed by atoms with van der Waals surface area (Å²) < 4.78 is 0. The number of nitriles is 1. The number of anilines is 1. The van der Waals surface area contributed by atoms with Crippen molar-refractivity contribution in [1.29, 1.82) is 5.26 Å². The predicted molar refractivity (Wildman–Crippen MR) is 111 cm³/mol. The maximum Gasteiger partial charge on any atom is 0.266 e. The number of aliphatic hydroxyl groups is 2. The first-order valence-corrected chi connectivity index (χ1v) is 9.20. The van der Waals surface area contributed by atoms with Gasteiger partial charge >= 0.3 is 0 Å². The van der Waals surface area contributed by atoms with E-state index in [1.54, 1.807) is 6.20 Å². The van der Waals surface area contributed by atoms with Crippen molar-refractivity contribution in [3.8, 4) is 6.07 Å². The molecule has 1 amide bonds. The lowest BCUT2D eigenvalue weighted by molar-refractivity contribution is -0.127. The van der Waals surface area contributed by atoms with E-state index in [1.807, 2.05) is 11.0 Å². The third kappa shape index (κ3) is 5.86. The summed E-state index contributed by atoms with van der Waals surface area (Å²) in [6.45, 7) is 7.05. The smallest absolute Gasteiger partial charge is 0.266 e.